The van der Waals surface area contributed by atoms with E-state index in [4.69, 9.17) is 9.47 Å². The highest BCUT2D eigenvalue weighted by Crippen LogP contribution is 2.36. The number of amides is 1. The molecule has 0 unspecified atom stereocenters. The molecule has 0 bridgehead atoms. The molecule has 0 radical (unpaired) electrons. The third-order valence-corrected chi connectivity index (χ3v) is 5.32. The summed E-state index contributed by atoms with van der Waals surface area (Å²) in [7, 11) is 1.59. The van der Waals surface area contributed by atoms with Crippen molar-refractivity contribution in [2.75, 3.05) is 20.3 Å². The van der Waals surface area contributed by atoms with Crippen LogP contribution in [0.4, 0.5) is 0 Å². The Morgan fingerprint density at radius 2 is 1.58 bits per heavy atom. The zero-order valence-electron chi connectivity index (χ0n) is 17.6. The van der Waals surface area contributed by atoms with Crippen molar-refractivity contribution in [3.05, 3.63) is 94.0 Å². The van der Waals surface area contributed by atoms with Gasteiger partial charge in [0.1, 0.15) is 0 Å². The first-order valence-electron chi connectivity index (χ1n) is 10.2. The molecule has 1 amide bonds. The predicted molar refractivity (Wildman–Crippen MR) is 126 cm³/mol. The fourth-order valence-corrected chi connectivity index (χ4v) is 3.71. The lowest BCUT2D eigenvalue weighted by atomic mass is 10.1. The van der Waals surface area contributed by atoms with Crippen molar-refractivity contribution < 1.29 is 14.3 Å². The van der Waals surface area contributed by atoms with Crippen LogP contribution in [0.3, 0.4) is 0 Å². The summed E-state index contributed by atoms with van der Waals surface area (Å²) in [6.07, 6.45) is 0.971. The van der Waals surface area contributed by atoms with Crippen LogP contribution in [-0.2, 0) is 24.3 Å². The number of rotatable bonds is 11. The lowest BCUT2D eigenvalue weighted by molar-refractivity contribution is -0.123. The van der Waals surface area contributed by atoms with E-state index in [1.54, 1.807) is 7.11 Å². The Balaban J connectivity index is 1.49. The molecule has 0 aliphatic heterocycles. The molecule has 0 atom stereocenters. The highest BCUT2D eigenvalue weighted by Gasteiger charge is 2.13. The molecule has 0 heterocycles. The van der Waals surface area contributed by atoms with Crippen LogP contribution in [0.15, 0.2) is 77.3 Å². The number of carbonyl (C=O) groups is 1. The summed E-state index contributed by atoms with van der Waals surface area (Å²) in [5.41, 5.74) is 3.42. The highest BCUT2D eigenvalue weighted by atomic mass is 79.9. The van der Waals surface area contributed by atoms with Gasteiger partial charge in [-0.3, -0.25) is 4.79 Å². The number of hydrogen-bond acceptors (Lipinski definition) is 4. The zero-order valence-corrected chi connectivity index (χ0v) is 19.2. The molecule has 0 fully saturated rings. The maximum absolute atomic E-state index is 12.2. The molecule has 31 heavy (non-hydrogen) atoms. The summed E-state index contributed by atoms with van der Waals surface area (Å²) in [5.74, 6) is 0.917. The Labute approximate surface area is 191 Å². The molecule has 3 aromatic rings. The molecule has 0 aliphatic carbocycles. The second kappa shape index (κ2) is 12.1. The summed E-state index contributed by atoms with van der Waals surface area (Å²) in [5, 5.41) is 6.30. The van der Waals surface area contributed by atoms with Crippen molar-refractivity contribution in [1.29, 1.82) is 0 Å². The maximum atomic E-state index is 12.2. The van der Waals surface area contributed by atoms with Crippen molar-refractivity contribution >= 4 is 21.8 Å². The fourth-order valence-electron chi connectivity index (χ4n) is 3.11. The van der Waals surface area contributed by atoms with Gasteiger partial charge in [-0.25, -0.2) is 0 Å². The Kier molecular flexibility index (Phi) is 8.94. The number of nitrogens with one attached hydrogen (secondary N) is 2. The standard InChI is InChI=1S/C25H27BrN2O3/c1-30-23-15-21(16-27-13-12-19-8-4-2-5-9-19)14-22(26)25(23)31-18-24(29)28-17-20-10-6-3-7-11-20/h2-11,14-15,27H,12-13,16-18H2,1H3,(H,28,29). The van der Waals surface area contributed by atoms with E-state index in [1.807, 2.05) is 48.5 Å². The van der Waals surface area contributed by atoms with Crippen molar-refractivity contribution in [2.45, 2.75) is 19.5 Å². The number of ether oxygens (including phenoxy) is 2. The Morgan fingerprint density at radius 1 is 0.903 bits per heavy atom. The van der Waals surface area contributed by atoms with Gasteiger partial charge in [0, 0.05) is 13.1 Å². The van der Waals surface area contributed by atoms with E-state index >= 15 is 0 Å². The maximum Gasteiger partial charge on any atom is 0.258 e. The van der Waals surface area contributed by atoms with Gasteiger partial charge in [0.15, 0.2) is 18.1 Å². The van der Waals surface area contributed by atoms with E-state index in [9.17, 15) is 4.79 Å². The van der Waals surface area contributed by atoms with Crippen LogP contribution in [0.25, 0.3) is 0 Å². The molecular weight excluding hydrogens is 456 g/mol. The molecule has 3 aromatic carbocycles. The van der Waals surface area contributed by atoms with Crippen LogP contribution >= 0.6 is 15.9 Å². The van der Waals surface area contributed by atoms with Crippen LogP contribution in [-0.4, -0.2) is 26.2 Å². The van der Waals surface area contributed by atoms with Gasteiger partial charge in [-0.1, -0.05) is 60.7 Å². The van der Waals surface area contributed by atoms with Crippen molar-refractivity contribution in [1.82, 2.24) is 10.6 Å². The molecule has 2 N–H and O–H groups in total. The van der Waals surface area contributed by atoms with Gasteiger partial charge >= 0.3 is 0 Å². The van der Waals surface area contributed by atoms with E-state index in [0.29, 0.717) is 24.6 Å². The summed E-state index contributed by atoms with van der Waals surface area (Å²) in [4.78, 5) is 12.2. The number of benzene rings is 3. The smallest absolute Gasteiger partial charge is 0.258 e. The van der Waals surface area contributed by atoms with E-state index in [-0.39, 0.29) is 12.5 Å². The third-order valence-electron chi connectivity index (χ3n) is 4.73. The van der Waals surface area contributed by atoms with Gasteiger partial charge in [-0.2, -0.15) is 0 Å². The molecule has 162 valence electrons. The third kappa shape index (κ3) is 7.42. The summed E-state index contributed by atoms with van der Waals surface area (Å²) >= 11 is 3.55. The summed E-state index contributed by atoms with van der Waals surface area (Å²) in [6, 6.07) is 24.1. The monoisotopic (exact) mass is 482 g/mol. The molecule has 5 nitrogen and oxygen atoms in total. The molecule has 0 saturated heterocycles. The van der Waals surface area contributed by atoms with Gasteiger partial charge in [0.25, 0.3) is 5.91 Å². The minimum atomic E-state index is -0.190. The molecule has 0 aromatic heterocycles. The molecule has 0 spiro atoms. The minimum Gasteiger partial charge on any atom is -0.493 e. The van der Waals surface area contributed by atoms with Crippen LogP contribution in [0.5, 0.6) is 11.5 Å². The van der Waals surface area contributed by atoms with Crippen molar-refractivity contribution in [2.24, 2.45) is 0 Å². The second-order valence-corrected chi connectivity index (χ2v) is 7.93. The van der Waals surface area contributed by atoms with E-state index in [0.717, 1.165) is 28.6 Å². The van der Waals surface area contributed by atoms with Gasteiger partial charge in [-0.05, 0) is 57.7 Å². The second-order valence-electron chi connectivity index (χ2n) is 7.07. The van der Waals surface area contributed by atoms with E-state index < -0.39 is 0 Å². The van der Waals surface area contributed by atoms with Crippen molar-refractivity contribution in [3.63, 3.8) is 0 Å². The van der Waals surface area contributed by atoms with Crippen LogP contribution in [0.2, 0.25) is 0 Å². The van der Waals surface area contributed by atoms with Crippen LogP contribution in [0, 0.1) is 0 Å². The predicted octanol–water partition coefficient (Wildman–Crippen LogP) is 4.49. The first kappa shape index (κ1) is 22.8. The fraction of sp³-hybridized carbons (Fsp3) is 0.240. The van der Waals surface area contributed by atoms with Gasteiger partial charge < -0.3 is 20.1 Å². The van der Waals surface area contributed by atoms with Gasteiger partial charge in [0.2, 0.25) is 0 Å². The largest absolute Gasteiger partial charge is 0.493 e. The first-order chi connectivity index (χ1) is 15.2. The Bertz CT molecular complexity index is 965. The zero-order chi connectivity index (χ0) is 21.9. The Morgan fingerprint density at radius 3 is 2.26 bits per heavy atom. The number of halogens is 1. The first-order valence-corrected chi connectivity index (χ1v) is 11.0. The SMILES string of the molecule is COc1cc(CNCCc2ccccc2)cc(Br)c1OCC(=O)NCc1ccccc1. The highest BCUT2D eigenvalue weighted by molar-refractivity contribution is 9.10. The average molecular weight is 483 g/mol. The van der Waals surface area contributed by atoms with E-state index in [1.165, 1.54) is 5.56 Å². The van der Waals surface area contributed by atoms with Gasteiger partial charge in [0.05, 0.1) is 11.6 Å². The van der Waals surface area contributed by atoms with Crippen LogP contribution < -0.4 is 20.1 Å². The van der Waals surface area contributed by atoms with Crippen LogP contribution in [0.1, 0.15) is 16.7 Å². The number of hydrogen-bond donors (Lipinski definition) is 2. The number of methoxy groups -OCH3 is 1. The summed E-state index contributed by atoms with van der Waals surface area (Å²) < 4.78 is 12.0. The normalized spacial score (nSPS) is 10.5. The number of carbonyl (C=O) groups excluding carboxylic acids is 1. The average Bonchev–Trinajstić information content (AvgIpc) is 2.81. The minimum absolute atomic E-state index is 0.0868. The Hall–Kier alpha value is -2.83. The molecule has 0 aliphatic rings. The van der Waals surface area contributed by atoms with Crippen molar-refractivity contribution in [3.8, 4) is 11.5 Å². The van der Waals surface area contributed by atoms with Gasteiger partial charge in [-0.15, -0.1) is 0 Å². The lowest BCUT2D eigenvalue weighted by Crippen LogP contribution is -2.28. The topological polar surface area (TPSA) is 59.6 Å². The molecule has 0 saturated carbocycles. The quantitative estimate of drug-likeness (QED) is 0.395. The molecular formula is C25H27BrN2O3. The molecule has 6 heteroatoms. The lowest BCUT2D eigenvalue weighted by Gasteiger charge is -2.15. The van der Waals surface area contributed by atoms with E-state index in [2.05, 4.69) is 50.8 Å². The summed E-state index contributed by atoms with van der Waals surface area (Å²) in [6.45, 7) is 1.97. The molecule has 3 rings (SSSR count).